The minimum Gasteiger partial charge on any atom is -0.390 e. The zero-order chi connectivity index (χ0) is 8.32. The second-order valence-corrected chi connectivity index (χ2v) is 3.25. The van der Waals surface area contributed by atoms with Gasteiger partial charge in [0.2, 0.25) is 0 Å². The van der Waals surface area contributed by atoms with E-state index >= 15 is 0 Å². The molecule has 64 valence electrons. The minimum absolute atomic E-state index is 0.563. The van der Waals surface area contributed by atoms with E-state index < -0.39 is 11.7 Å². The van der Waals surface area contributed by atoms with Crippen LogP contribution in [0.1, 0.15) is 32.6 Å². The van der Waals surface area contributed by atoms with Gasteiger partial charge in [0.05, 0.1) is 6.10 Å². The third-order valence-electron chi connectivity index (χ3n) is 2.34. The van der Waals surface area contributed by atoms with Crippen LogP contribution in [0.15, 0.2) is 12.2 Å². The van der Waals surface area contributed by atoms with E-state index in [-0.39, 0.29) is 0 Å². The molecule has 2 nitrogen and oxygen atoms in total. The summed E-state index contributed by atoms with van der Waals surface area (Å²) in [5.74, 6) is 0. The Kier molecular flexibility index (Phi) is 2.68. The molecule has 0 radical (unpaired) electrons. The molecular formula is C9H16O2. The maximum absolute atomic E-state index is 9.80. The lowest BCUT2D eigenvalue weighted by Gasteiger charge is -2.34. The maximum atomic E-state index is 9.80. The summed E-state index contributed by atoms with van der Waals surface area (Å²) in [6, 6.07) is 0. The van der Waals surface area contributed by atoms with Gasteiger partial charge in [0.15, 0.2) is 0 Å². The number of hydrogen-bond acceptors (Lipinski definition) is 2. The van der Waals surface area contributed by atoms with Crippen LogP contribution in [-0.2, 0) is 0 Å². The molecule has 0 aromatic heterocycles. The number of hydrogen-bond donors (Lipinski definition) is 2. The van der Waals surface area contributed by atoms with Crippen molar-refractivity contribution >= 4 is 0 Å². The molecule has 0 aromatic rings. The fourth-order valence-corrected chi connectivity index (χ4v) is 1.65. The zero-order valence-corrected chi connectivity index (χ0v) is 6.95. The molecule has 2 N–H and O–H groups in total. The highest BCUT2D eigenvalue weighted by atomic mass is 16.3. The van der Waals surface area contributed by atoms with Gasteiger partial charge >= 0.3 is 0 Å². The van der Waals surface area contributed by atoms with Crippen LogP contribution in [0.3, 0.4) is 0 Å². The molecule has 2 heteroatoms. The molecule has 2 unspecified atom stereocenters. The van der Waals surface area contributed by atoms with Crippen molar-refractivity contribution in [2.45, 2.75) is 44.3 Å². The van der Waals surface area contributed by atoms with Crippen LogP contribution >= 0.6 is 0 Å². The summed E-state index contributed by atoms with van der Waals surface area (Å²) in [5, 5.41) is 19.3. The molecule has 0 aliphatic heterocycles. The summed E-state index contributed by atoms with van der Waals surface area (Å²) < 4.78 is 0. The second kappa shape index (κ2) is 3.37. The van der Waals surface area contributed by atoms with Gasteiger partial charge in [0.25, 0.3) is 0 Å². The quantitative estimate of drug-likeness (QED) is 0.560. The van der Waals surface area contributed by atoms with E-state index in [9.17, 15) is 10.2 Å². The molecule has 0 heterocycles. The molecule has 0 spiro atoms. The van der Waals surface area contributed by atoms with Gasteiger partial charge in [0, 0.05) is 0 Å². The Morgan fingerprint density at radius 3 is 2.73 bits per heavy atom. The largest absolute Gasteiger partial charge is 0.390 e. The highest BCUT2D eigenvalue weighted by Gasteiger charge is 2.34. The van der Waals surface area contributed by atoms with Crippen LogP contribution in [0.25, 0.3) is 0 Å². The zero-order valence-electron chi connectivity index (χ0n) is 6.95. The van der Waals surface area contributed by atoms with Gasteiger partial charge in [-0.05, 0) is 19.8 Å². The summed E-state index contributed by atoms with van der Waals surface area (Å²) in [5.41, 5.74) is -0.937. The second-order valence-electron chi connectivity index (χ2n) is 3.25. The van der Waals surface area contributed by atoms with Gasteiger partial charge in [-0.25, -0.2) is 0 Å². The van der Waals surface area contributed by atoms with Gasteiger partial charge in [0.1, 0.15) is 5.60 Å². The molecule has 1 aliphatic rings. The van der Waals surface area contributed by atoms with Crippen molar-refractivity contribution in [1.29, 1.82) is 0 Å². The maximum Gasteiger partial charge on any atom is 0.108 e. The van der Waals surface area contributed by atoms with Gasteiger partial charge in [-0.2, -0.15) is 0 Å². The molecule has 0 aromatic carbocycles. The fraction of sp³-hybridized carbons (Fsp3) is 0.778. The van der Waals surface area contributed by atoms with Crippen LogP contribution < -0.4 is 0 Å². The topological polar surface area (TPSA) is 40.5 Å². The van der Waals surface area contributed by atoms with Gasteiger partial charge < -0.3 is 10.2 Å². The molecule has 2 atom stereocenters. The van der Waals surface area contributed by atoms with E-state index in [2.05, 4.69) is 0 Å². The van der Waals surface area contributed by atoms with Gasteiger partial charge in [-0.3, -0.25) is 0 Å². The van der Waals surface area contributed by atoms with Crippen molar-refractivity contribution in [2.75, 3.05) is 0 Å². The minimum atomic E-state index is -0.937. The highest BCUT2D eigenvalue weighted by molar-refractivity contribution is 5.05. The Hall–Kier alpha value is -0.340. The summed E-state index contributed by atoms with van der Waals surface area (Å²) in [6.45, 7) is 1.86. The predicted molar refractivity (Wildman–Crippen MR) is 44.2 cm³/mol. The molecule has 1 saturated carbocycles. The number of aliphatic hydroxyl groups is 2. The van der Waals surface area contributed by atoms with E-state index in [0.717, 1.165) is 19.3 Å². The Bertz CT molecular complexity index is 154. The first-order chi connectivity index (χ1) is 5.19. The third-order valence-corrected chi connectivity index (χ3v) is 2.34. The molecule has 0 bridgehead atoms. The first-order valence-corrected chi connectivity index (χ1v) is 4.23. The smallest absolute Gasteiger partial charge is 0.108 e. The number of rotatable bonds is 1. The van der Waals surface area contributed by atoms with E-state index in [0.29, 0.717) is 6.42 Å². The van der Waals surface area contributed by atoms with Gasteiger partial charge in [-0.1, -0.05) is 25.0 Å². The monoisotopic (exact) mass is 156 g/mol. The van der Waals surface area contributed by atoms with Gasteiger partial charge in [-0.15, -0.1) is 0 Å². The van der Waals surface area contributed by atoms with Crippen LogP contribution in [0, 0.1) is 0 Å². The van der Waals surface area contributed by atoms with Crippen molar-refractivity contribution in [3.8, 4) is 0 Å². The van der Waals surface area contributed by atoms with Crippen LogP contribution in [-0.4, -0.2) is 21.9 Å². The van der Waals surface area contributed by atoms with E-state index in [1.54, 1.807) is 12.2 Å². The van der Waals surface area contributed by atoms with E-state index in [1.165, 1.54) is 0 Å². The molecule has 11 heavy (non-hydrogen) atoms. The average Bonchev–Trinajstić information content (AvgIpc) is 1.96. The van der Waals surface area contributed by atoms with E-state index in [4.69, 9.17) is 0 Å². The average molecular weight is 156 g/mol. The Balaban J connectivity index is 2.64. The van der Waals surface area contributed by atoms with E-state index in [1.807, 2.05) is 6.92 Å². The predicted octanol–water partition coefficient (Wildman–Crippen LogP) is 1.23. The summed E-state index contributed by atoms with van der Waals surface area (Å²) in [6.07, 6.45) is 6.40. The molecule has 1 rings (SSSR count). The lowest BCUT2D eigenvalue weighted by Crippen LogP contribution is -2.42. The first-order valence-electron chi connectivity index (χ1n) is 4.23. The van der Waals surface area contributed by atoms with Crippen molar-refractivity contribution in [3.63, 3.8) is 0 Å². The summed E-state index contributed by atoms with van der Waals surface area (Å²) in [4.78, 5) is 0. The first kappa shape index (κ1) is 8.75. The van der Waals surface area contributed by atoms with Crippen molar-refractivity contribution < 1.29 is 10.2 Å². The third kappa shape index (κ3) is 1.82. The Labute approximate surface area is 67.6 Å². The summed E-state index contributed by atoms with van der Waals surface area (Å²) in [7, 11) is 0. The van der Waals surface area contributed by atoms with Crippen molar-refractivity contribution in [1.82, 2.24) is 0 Å². The van der Waals surface area contributed by atoms with Crippen LogP contribution in [0.2, 0.25) is 0 Å². The van der Waals surface area contributed by atoms with Crippen LogP contribution in [0.5, 0.6) is 0 Å². The Morgan fingerprint density at radius 2 is 2.18 bits per heavy atom. The molecule has 0 saturated heterocycles. The SMILES string of the molecule is C/C=C/C1(O)CCCCC1O. The van der Waals surface area contributed by atoms with Crippen molar-refractivity contribution in [2.24, 2.45) is 0 Å². The number of allylic oxidation sites excluding steroid dienone is 1. The molecular weight excluding hydrogens is 140 g/mol. The standard InChI is InChI=1S/C9H16O2/c1-2-6-9(11)7-4-3-5-8(9)10/h2,6,8,10-11H,3-5,7H2,1H3/b6-2+. The lowest BCUT2D eigenvalue weighted by atomic mass is 9.82. The molecule has 1 fully saturated rings. The molecule has 1 aliphatic carbocycles. The molecule has 0 amide bonds. The van der Waals surface area contributed by atoms with Crippen LogP contribution in [0.4, 0.5) is 0 Å². The van der Waals surface area contributed by atoms with Crippen molar-refractivity contribution in [3.05, 3.63) is 12.2 Å². The normalized spacial score (nSPS) is 39.7. The highest BCUT2D eigenvalue weighted by Crippen LogP contribution is 2.29. The lowest BCUT2D eigenvalue weighted by molar-refractivity contribution is -0.0654. The fourth-order valence-electron chi connectivity index (χ4n) is 1.65. The number of aliphatic hydroxyl groups excluding tert-OH is 1. The summed E-state index contributed by atoms with van der Waals surface area (Å²) >= 11 is 0. The Morgan fingerprint density at radius 1 is 1.45 bits per heavy atom.